The van der Waals surface area contributed by atoms with E-state index >= 15 is 0 Å². The minimum Gasteiger partial charge on any atom is -0.462 e. The van der Waals surface area contributed by atoms with Crippen LogP contribution < -0.4 is 0 Å². The van der Waals surface area contributed by atoms with E-state index in [1.807, 2.05) is 48.5 Å². The van der Waals surface area contributed by atoms with Gasteiger partial charge in [0, 0.05) is 17.8 Å². The minimum atomic E-state index is -0.467. The van der Waals surface area contributed by atoms with Crippen molar-refractivity contribution in [3.05, 3.63) is 0 Å². The average Bonchev–Trinajstić information content (AvgIpc) is 1.67. The molecule has 0 N–H and O–H groups in total. The largest absolute Gasteiger partial charge is 0.462 e. The smallest absolute Gasteiger partial charge is 0.311 e. The van der Waals surface area contributed by atoms with Gasteiger partial charge in [0.1, 0.15) is 18.3 Å². The molecule has 0 radical (unpaired) electrons. The van der Waals surface area contributed by atoms with E-state index in [1.165, 1.54) is 96.3 Å². The van der Waals surface area contributed by atoms with Crippen molar-refractivity contribution in [3.8, 4) is 0 Å². The number of fused-ring (bicyclic) bond motifs is 6. The summed E-state index contributed by atoms with van der Waals surface area (Å²) in [5.41, 5.74) is 0.234. The van der Waals surface area contributed by atoms with E-state index in [9.17, 15) is 28.8 Å². The molecule has 0 aromatic heterocycles. The maximum Gasteiger partial charge on any atom is 0.311 e. The number of carbonyl (C=O) groups excluding carboxylic acids is 6. The third-order valence-electron chi connectivity index (χ3n) is 25.2. The SMILES string of the molecule is CCC(C)(C)C(=O)OC1CC2CC(C(=O)OCOC3CCCCC3)C1C2.CCC(C)C(=O)OC1CC2CC(C(=O)OCOCC34CC5CC(CC(C5)C3)C4)C1C2.CCC(C)C(=O)OC1CC2CC(C(=O)OCOCC34CC5CC(CC(C5)C3)C4)C1C2. The molecule has 15 fully saturated rings. The highest BCUT2D eigenvalue weighted by Gasteiger charge is 2.56. The first-order valence-electron chi connectivity index (χ1n) is 35.2. The molecule has 15 rings (SSSR count). The van der Waals surface area contributed by atoms with Gasteiger partial charge in [-0.1, -0.05) is 53.9 Å². The Morgan fingerprint density at radius 3 is 1.12 bits per heavy atom. The highest BCUT2D eigenvalue weighted by molar-refractivity contribution is 5.77. The molecule has 0 heterocycles. The Hall–Kier alpha value is -3.30. The van der Waals surface area contributed by atoms with E-state index in [-0.39, 0.29) is 128 Å². The normalized spacial score (nSPS) is 40.5. The molecule has 15 aliphatic rings. The molecule has 14 atom stereocenters. The predicted octanol–water partition coefficient (Wildman–Crippen LogP) is 13.7. The van der Waals surface area contributed by atoms with Gasteiger partial charge in [0.25, 0.3) is 0 Å². The van der Waals surface area contributed by atoms with E-state index in [1.54, 1.807) is 0 Å². The van der Waals surface area contributed by atoms with Gasteiger partial charge in [-0.25, -0.2) is 0 Å². The van der Waals surface area contributed by atoms with Crippen LogP contribution >= 0.6 is 0 Å². The molecule has 484 valence electrons. The van der Waals surface area contributed by atoms with Crippen LogP contribution in [-0.2, 0) is 71.4 Å². The number of hydrogen-bond donors (Lipinski definition) is 0. The summed E-state index contributed by atoms with van der Waals surface area (Å²) >= 11 is 0. The summed E-state index contributed by atoms with van der Waals surface area (Å²) in [6.07, 6.45) is 32.7. The van der Waals surface area contributed by atoms with Gasteiger partial charge in [0.05, 0.1) is 54.3 Å². The van der Waals surface area contributed by atoms with E-state index in [2.05, 4.69) is 0 Å². The van der Waals surface area contributed by atoms with Crippen LogP contribution in [0.3, 0.4) is 0 Å². The Morgan fingerprint density at radius 1 is 0.430 bits per heavy atom. The Morgan fingerprint density at radius 2 is 0.779 bits per heavy atom. The van der Waals surface area contributed by atoms with Crippen molar-refractivity contribution in [2.24, 2.45) is 117 Å². The first kappa shape index (κ1) is 64.2. The molecule has 0 aromatic rings. The molecule has 86 heavy (non-hydrogen) atoms. The monoisotopic (exact) mass is 1200 g/mol. The maximum absolute atomic E-state index is 12.7. The minimum absolute atomic E-state index is 0.0602. The van der Waals surface area contributed by atoms with Crippen LogP contribution in [0.15, 0.2) is 0 Å². The van der Waals surface area contributed by atoms with Crippen LogP contribution in [-0.4, -0.2) is 93.8 Å². The summed E-state index contributed by atoms with van der Waals surface area (Å²) in [6.45, 7) is 15.3. The quantitative estimate of drug-likeness (QED) is 0.0407. The predicted molar refractivity (Wildman–Crippen MR) is 320 cm³/mol. The van der Waals surface area contributed by atoms with Crippen molar-refractivity contribution in [1.29, 1.82) is 0 Å². The summed E-state index contributed by atoms with van der Waals surface area (Å²) in [5, 5.41) is 0. The van der Waals surface area contributed by atoms with Crippen LogP contribution in [0.4, 0.5) is 0 Å². The Bertz CT molecular complexity index is 2170. The van der Waals surface area contributed by atoms with Gasteiger partial charge >= 0.3 is 35.8 Å². The van der Waals surface area contributed by atoms with Crippen molar-refractivity contribution in [1.82, 2.24) is 0 Å². The molecule has 0 saturated heterocycles. The fraction of sp³-hybridized carbons (Fsp3) is 0.915. The molecule has 15 nitrogen and oxygen atoms in total. The van der Waals surface area contributed by atoms with E-state index in [4.69, 9.17) is 42.6 Å². The summed E-state index contributed by atoms with van der Waals surface area (Å²) in [6, 6.07) is 0. The van der Waals surface area contributed by atoms with Crippen molar-refractivity contribution in [3.63, 3.8) is 0 Å². The number of carbonyl (C=O) groups is 6. The molecule has 15 saturated carbocycles. The molecule has 0 amide bonds. The van der Waals surface area contributed by atoms with Gasteiger partial charge in [-0.3, -0.25) is 28.8 Å². The fourth-order valence-electron chi connectivity index (χ4n) is 20.8. The van der Waals surface area contributed by atoms with Gasteiger partial charge in [-0.2, -0.15) is 0 Å². The number of hydrogen-bond acceptors (Lipinski definition) is 15. The number of esters is 6. The third-order valence-corrected chi connectivity index (χ3v) is 25.2. The van der Waals surface area contributed by atoms with Crippen molar-refractivity contribution in [2.45, 2.75) is 259 Å². The molecule has 0 aromatic carbocycles. The maximum atomic E-state index is 12.7. The van der Waals surface area contributed by atoms with Gasteiger partial charge in [-0.05, 0) is 245 Å². The van der Waals surface area contributed by atoms with E-state index in [0.29, 0.717) is 28.6 Å². The zero-order valence-corrected chi connectivity index (χ0v) is 53.8. The third kappa shape index (κ3) is 14.9. The topological polar surface area (TPSA) is 185 Å². The van der Waals surface area contributed by atoms with Gasteiger partial charge in [-0.15, -0.1) is 0 Å². The molecule has 15 heteroatoms. The van der Waals surface area contributed by atoms with Gasteiger partial charge in [0.2, 0.25) is 0 Å². The first-order chi connectivity index (χ1) is 41.3. The molecule has 0 aliphatic heterocycles. The Kier molecular flexibility index (Phi) is 20.7. The van der Waals surface area contributed by atoms with Crippen molar-refractivity contribution >= 4 is 35.8 Å². The highest BCUT2D eigenvalue weighted by Crippen LogP contribution is 2.62. The molecular formula is C71H110O15. The zero-order chi connectivity index (χ0) is 60.5. The van der Waals surface area contributed by atoms with Crippen LogP contribution in [0.1, 0.15) is 235 Å². The summed E-state index contributed by atoms with van der Waals surface area (Å²) in [4.78, 5) is 74.8. The first-order valence-corrected chi connectivity index (χ1v) is 35.2. The lowest BCUT2D eigenvalue weighted by atomic mass is 9.50. The molecule has 14 bridgehead atoms. The standard InChI is InChI=1S/2C25H38O5.C21H34O5/c2*1-3-15(2)23(26)30-22-9-16-7-20(22)21(8-16)24(27)29-14-28-13-25-10-17-4-18(11-25)6-19(5-17)12-25;1-4-21(2,3)20(23)26-18-12-14-10-16(18)17(11-14)19(22)25-13-24-15-8-6-5-7-9-15/h2*15-22H,3-14H2,1-2H3;14-18H,4-13H2,1-3H3. The van der Waals surface area contributed by atoms with Crippen molar-refractivity contribution < 1.29 is 71.4 Å². The number of rotatable bonds is 23. The fourth-order valence-corrected chi connectivity index (χ4v) is 20.8. The Labute approximate surface area is 514 Å². The molecule has 0 spiro atoms. The van der Waals surface area contributed by atoms with Crippen molar-refractivity contribution in [2.75, 3.05) is 33.6 Å². The van der Waals surface area contributed by atoms with Crippen LogP contribution in [0.25, 0.3) is 0 Å². The Balaban J connectivity index is 0.000000134. The highest BCUT2D eigenvalue weighted by atomic mass is 16.7. The lowest BCUT2D eigenvalue weighted by Gasteiger charge is -2.56. The molecular weight excluding hydrogens is 1090 g/mol. The summed E-state index contributed by atoms with van der Waals surface area (Å²) < 4.78 is 51.5. The summed E-state index contributed by atoms with van der Waals surface area (Å²) in [5.74, 6) is 5.79. The lowest BCUT2D eigenvalue weighted by molar-refractivity contribution is -0.176. The van der Waals surface area contributed by atoms with Gasteiger partial charge < -0.3 is 42.6 Å². The molecule has 14 unspecified atom stereocenters. The van der Waals surface area contributed by atoms with Crippen LogP contribution in [0.2, 0.25) is 0 Å². The number of ether oxygens (including phenoxy) is 9. The van der Waals surface area contributed by atoms with Crippen LogP contribution in [0, 0.1) is 117 Å². The second-order valence-corrected chi connectivity index (χ2v) is 32.0. The van der Waals surface area contributed by atoms with E-state index in [0.717, 1.165) is 139 Å². The average molecular weight is 1200 g/mol. The second-order valence-electron chi connectivity index (χ2n) is 32.0. The van der Waals surface area contributed by atoms with Crippen LogP contribution in [0.5, 0.6) is 0 Å². The van der Waals surface area contributed by atoms with E-state index < -0.39 is 5.41 Å². The molecule has 15 aliphatic carbocycles. The zero-order valence-electron chi connectivity index (χ0n) is 53.8. The second kappa shape index (κ2) is 27.7. The summed E-state index contributed by atoms with van der Waals surface area (Å²) in [7, 11) is 0. The van der Waals surface area contributed by atoms with Gasteiger partial charge in [0.15, 0.2) is 20.4 Å². The lowest BCUT2D eigenvalue weighted by Crippen LogP contribution is -2.48.